The monoisotopic (exact) mass is 1020 g/mol. The van der Waals surface area contributed by atoms with Crippen LogP contribution in [0.2, 0.25) is 0 Å². The number of hydrogen-bond donors (Lipinski definition) is 12. The van der Waals surface area contributed by atoms with E-state index in [4.69, 9.17) is 28.4 Å². The minimum Gasteiger partial charge on any atom is -0.394 e. The Morgan fingerprint density at radius 2 is 0.873 bits per heavy atom. The normalized spacial score (nSPS) is 32.3. The molecule has 17 atom stereocenters. The summed E-state index contributed by atoms with van der Waals surface area (Å²) in [4.78, 5) is 13.2. The van der Waals surface area contributed by atoms with E-state index in [1.54, 1.807) is 6.08 Å². The molecule has 3 aliphatic rings. The van der Waals surface area contributed by atoms with Gasteiger partial charge in [0.05, 0.1) is 38.6 Å². The molecule has 0 aromatic heterocycles. The number of hydrogen-bond acceptors (Lipinski definition) is 18. The van der Waals surface area contributed by atoms with Crippen LogP contribution in [-0.4, -0.2) is 193 Å². The van der Waals surface area contributed by atoms with Gasteiger partial charge in [-0.1, -0.05) is 167 Å². The largest absolute Gasteiger partial charge is 0.394 e. The molecule has 3 heterocycles. The Hall–Kier alpha value is -1.47. The standard InChI is InChI=1S/C52H97NO18/c1-3-5-7-9-11-13-15-17-19-21-23-25-27-29-36(57)35(53-40(58)30-28-26-24-22-20-18-16-14-12-10-8-6-4-2)34-66-50-46(64)43(61)48(38(32-55)68-50)71-52-47(65)44(62)49(39(33-56)69-52)70-51-45(63)42(60)41(59)37(31-54)67-51/h27,29,35-39,41-52,54-57,59-65H,3-26,28,30-34H2,1-2H3,(H,53,58). The molecule has 3 rings (SSSR count). The number of aliphatic hydroxyl groups is 11. The SMILES string of the molecule is CCCCCCCCCCCCCC=CC(O)C(COC1OC(CO)C(OC2OC(CO)C(OC3OC(CO)C(O)C(O)C3O)C(O)C2O)C(O)C1O)NC(=O)CCCCCCCCCCCCCCC. The fourth-order valence-corrected chi connectivity index (χ4v) is 9.48. The number of carbonyl (C=O) groups is 1. The molecule has 418 valence electrons. The number of rotatable bonds is 39. The van der Waals surface area contributed by atoms with Crippen molar-refractivity contribution in [3.05, 3.63) is 12.2 Å². The summed E-state index contributed by atoms with van der Waals surface area (Å²) in [7, 11) is 0. The van der Waals surface area contributed by atoms with Crippen LogP contribution < -0.4 is 5.32 Å². The fraction of sp³-hybridized carbons (Fsp3) is 0.942. The zero-order valence-electron chi connectivity index (χ0n) is 43.0. The van der Waals surface area contributed by atoms with E-state index in [-0.39, 0.29) is 18.9 Å². The van der Waals surface area contributed by atoms with Gasteiger partial charge in [-0.3, -0.25) is 4.79 Å². The van der Waals surface area contributed by atoms with Crippen molar-refractivity contribution in [1.29, 1.82) is 0 Å². The highest BCUT2D eigenvalue weighted by Crippen LogP contribution is 2.33. The molecular formula is C52H97NO18. The molecular weight excluding hydrogens is 927 g/mol. The van der Waals surface area contributed by atoms with E-state index in [2.05, 4.69) is 19.2 Å². The molecule has 71 heavy (non-hydrogen) atoms. The summed E-state index contributed by atoms with van der Waals surface area (Å²) in [6, 6.07) is -0.964. The zero-order valence-corrected chi connectivity index (χ0v) is 43.0. The maximum absolute atomic E-state index is 13.2. The minimum atomic E-state index is -1.97. The van der Waals surface area contributed by atoms with E-state index in [0.717, 1.165) is 44.9 Å². The van der Waals surface area contributed by atoms with Crippen LogP contribution in [0.1, 0.15) is 181 Å². The molecule has 0 saturated carbocycles. The average Bonchev–Trinajstić information content (AvgIpc) is 3.36. The Morgan fingerprint density at radius 3 is 1.32 bits per heavy atom. The third-order valence-electron chi connectivity index (χ3n) is 14.1. The highest BCUT2D eigenvalue weighted by atomic mass is 16.8. The van der Waals surface area contributed by atoms with Crippen LogP contribution in [0.5, 0.6) is 0 Å². The van der Waals surface area contributed by atoms with Crippen molar-refractivity contribution in [2.45, 2.75) is 285 Å². The molecule has 17 unspecified atom stereocenters. The summed E-state index contributed by atoms with van der Waals surface area (Å²) in [5.41, 5.74) is 0. The second kappa shape index (κ2) is 37.3. The summed E-state index contributed by atoms with van der Waals surface area (Å²) in [5.74, 6) is -0.276. The Bertz CT molecular complexity index is 1360. The molecule has 19 heteroatoms. The molecule has 0 bridgehead atoms. The Kier molecular flexibility index (Phi) is 33.5. The zero-order chi connectivity index (χ0) is 52.0. The van der Waals surface area contributed by atoms with Gasteiger partial charge in [0.25, 0.3) is 0 Å². The number of unbranched alkanes of at least 4 members (excludes halogenated alkanes) is 23. The first-order valence-corrected chi connectivity index (χ1v) is 27.4. The van der Waals surface area contributed by atoms with Gasteiger partial charge in [0, 0.05) is 6.42 Å². The predicted octanol–water partition coefficient (Wildman–Crippen LogP) is 3.04. The van der Waals surface area contributed by atoms with E-state index in [1.807, 2.05) is 6.08 Å². The molecule has 3 aliphatic heterocycles. The molecule has 0 aliphatic carbocycles. The van der Waals surface area contributed by atoms with Crippen LogP contribution in [0.25, 0.3) is 0 Å². The van der Waals surface area contributed by atoms with Gasteiger partial charge in [0.2, 0.25) is 5.91 Å². The summed E-state index contributed by atoms with van der Waals surface area (Å²) in [6.45, 7) is 1.69. The number of nitrogens with one attached hydrogen (secondary N) is 1. The van der Waals surface area contributed by atoms with Crippen molar-refractivity contribution in [1.82, 2.24) is 5.32 Å². The number of carbonyl (C=O) groups excluding carboxylic acids is 1. The van der Waals surface area contributed by atoms with Gasteiger partial charge >= 0.3 is 0 Å². The van der Waals surface area contributed by atoms with E-state index in [1.165, 1.54) is 109 Å². The molecule has 0 aromatic rings. The molecule has 0 aromatic carbocycles. The maximum Gasteiger partial charge on any atom is 0.220 e. The molecule has 1 amide bonds. The van der Waals surface area contributed by atoms with E-state index >= 15 is 0 Å². The van der Waals surface area contributed by atoms with Crippen LogP contribution in [0, 0.1) is 0 Å². The van der Waals surface area contributed by atoms with Crippen molar-refractivity contribution in [2.24, 2.45) is 0 Å². The van der Waals surface area contributed by atoms with Gasteiger partial charge in [0.15, 0.2) is 18.9 Å². The van der Waals surface area contributed by atoms with Crippen LogP contribution in [0.15, 0.2) is 12.2 Å². The van der Waals surface area contributed by atoms with Gasteiger partial charge in [-0.15, -0.1) is 0 Å². The van der Waals surface area contributed by atoms with Crippen molar-refractivity contribution >= 4 is 5.91 Å². The second-order valence-electron chi connectivity index (χ2n) is 20.1. The van der Waals surface area contributed by atoms with Crippen LogP contribution in [-0.2, 0) is 33.2 Å². The lowest BCUT2D eigenvalue weighted by Crippen LogP contribution is -2.66. The Morgan fingerprint density at radius 1 is 0.493 bits per heavy atom. The van der Waals surface area contributed by atoms with Gasteiger partial charge in [0.1, 0.15) is 73.2 Å². The van der Waals surface area contributed by atoms with E-state index in [9.17, 15) is 61.0 Å². The van der Waals surface area contributed by atoms with Gasteiger partial charge < -0.3 is 89.9 Å². The third kappa shape index (κ3) is 22.7. The summed E-state index contributed by atoms with van der Waals surface area (Å²) in [5, 5.41) is 120. The quantitative estimate of drug-likeness (QED) is 0.0311. The molecule has 3 fully saturated rings. The molecule has 19 nitrogen and oxygen atoms in total. The summed E-state index contributed by atoms with van der Waals surface area (Å²) in [6.07, 6.45) is 6.32. The highest BCUT2D eigenvalue weighted by molar-refractivity contribution is 5.76. The third-order valence-corrected chi connectivity index (χ3v) is 14.1. The van der Waals surface area contributed by atoms with Crippen LogP contribution in [0.3, 0.4) is 0 Å². The van der Waals surface area contributed by atoms with Crippen LogP contribution in [0.4, 0.5) is 0 Å². The smallest absolute Gasteiger partial charge is 0.220 e. The first kappa shape index (κ1) is 63.8. The number of amides is 1. The van der Waals surface area contributed by atoms with E-state index in [0.29, 0.717) is 6.42 Å². The van der Waals surface area contributed by atoms with Gasteiger partial charge in [-0.25, -0.2) is 0 Å². The number of ether oxygens (including phenoxy) is 6. The molecule has 0 radical (unpaired) electrons. The van der Waals surface area contributed by atoms with Crippen molar-refractivity contribution in [3.63, 3.8) is 0 Å². The maximum atomic E-state index is 13.2. The Labute approximate surface area is 423 Å². The topological polar surface area (TPSA) is 307 Å². The first-order valence-electron chi connectivity index (χ1n) is 27.4. The Balaban J connectivity index is 1.55. The number of aliphatic hydroxyl groups excluding tert-OH is 11. The highest BCUT2D eigenvalue weighted by Gasteiger charge is 2.53. The van der Waals surface area contributed by atoms with Crippen molar-refractivity contribution < 1.29 is 89.4 Å². The average molecular weight is 1020 g/mol. The fourth-order valence-electron chi connectivity index (χ4n) is 9.48. The van der Waals surface area contributed by atoms with Crippen molar-refractivity contribution in [2.75, 3.05) is 26.4 Å². The van der Waals surface area contributed by atoms with Gasteiger partial charge in [-0.2, -0.15) is 0 Å². The van der Waals surface area contributed by atoms with Gasteiger partial charge in [-0.05, 0) is 19.3 Å². The molecule has 3 saturated heterocycles. The predicted molar refractivity (Wildman–Crippen MR) is 263 cm³/mol. The first-order chi connectivity index (χ1) is 34.3. The lowest BCUT2D eigenvalue weighted by molar-refractivity contribution is -0.379. The minimum absolute atomic E-state index is 0.248. The second-order valence-corrected chi connectivity index (χ2v) is 20.1. The summed E-state index contributed by atoms with van der Waals surface area (Å²) < 4.78 is 34.1. The number of allylic oxidation sites excluding steroid dienone is 1. The lowest BCUT2D eigenvalue weighted by atomic mass is 9.96. The summed E-state index contributed by atoms with van der Waals surface area (Å²) >= 11 is 0. The van der Waals surface area contributed by atoms with Crippen LogP contribution >= 0.6 is 0 Å². The van der Waals surface area contributed by atoms with Crippen molar-refractivity contribution in [3.8, 4) is 0 Å². The van der Waals surface area contributed by atoms with E-state index < -0.39 is 124 Å². The molecule has 12 N–H and O–H groups in total. The molecule has 0 spiro atoms. The lowest BCUT2D eigenvalue weighted by Gasteiger charge is -2.48.